The molecular weight excluding hydrogens is 927 g/mol. The Morgan fingerprint density at radius 3 is 1.23 bits per heavy atom. The highest BCUT2D eigenvalue weighted by atomic mass is 16.5. The van der Waals surface area contributed by atoms with Gasteiger partial charge in [-0.1, -0.05) is 209 Å². The number of hydrogen-bond acceptors (Lipinski definition) is 5. The number of amides is 3. The van der Waals surface area contributed by atoms with Crippen LogP contribution in [0.2, 0.25) is 0 Å². The van der Waals surface area contributed by atoms with Crippen molar-refractivity contribution in [1.29, 1.82) is 0 Å². The monoisotopic (exact) mass is 1020 g/mol. The zero-order valence-electron chi connectivity index (χ0n) is 46.2. The molecule has 0 aliphatic carbocycles. The summed E-state index contributed by atoms with van der Waals surface area (Å²) in [5.74, 6) is 0.336. The zero-order valence-corrected chi connectivity index (χ0v) is 46.2. The Balaban J connectivity index is 2.51. The topological polar surface area (TPSA) is 117 Å². The van der Waals surface area contributed by atoms with Crippen molar-refractivity contribution in [3.8, 4) is 5.75 Å². The molecule has 0 aliphatic rings. The highest BCUT2D eigenvalue weighted by molar-refractivity contribution is 5.87. The summed E-state index contributed by atoms with van der Waals surface area (Å²) in [5, 5.41) is 19.1. The number of carbonyl (C=O) groups excluding carboxylic acids is 3. The van der Waals surface area contributed by atoms with Crippen molar-refractivity contribution in [2.75, 3.05) is 26.3 Å². The van der Waals surface area contributed by atoms with Gasteiger partial charge in [0.15, 0.2) is 0 Å². The molecule has 8 nitrogen and oxygen atoms in total. The first-order chi connectivity index (χ1) is 37.0. The summed E-state index contributed by atoms with van der Waals surface area (Å²) >= 11 is 0. The third-order valence-corrected chi connectivity index (χ3v) is 11.4. The van der Waals surface area contributed by atoms with E-state index in [2.05, 4.69) is 170 Å². The van der Waals surface area contributed by atoms with E-state index in [1.807, 2.05) is 60.7 Å². The van der Waals surface area contributed by atoms with Gasteiger partial charge < -0.3 is 25.8 Å². The molecular formula is C67H97N3O5. The van der Waals surface area contributed by atoms with Gasteiger partial charge in [-0.25, -0.2) is 0 Å². The molecule has 4 N–H and O–H groups in total. The van der Waals surface area contributed by atoms with Gasteiger partial charge in [0.25, 0.3) is 0 Å². The van der Waals surface area contributed by atoms with E-state index >= 15 is 0 Å². The molecule has 0 unspecified atom stereocenters. The Labute approximate surface area is 455 Å². The van der Waals surface area contributed by atoms with Crippen molar-refractivity contribution < 1.29 is 24.2 Å². The molecule has 1 aromatic carbocycles. The van der Waals surface area contributed by atoms with Gasteiger partial charge in [-0.2, -0.15) is 0 Å². The average Bonchev–Trinajstić information content (AvgIpc) is 3.41. The second-order valence-corrected chi connectivity index (χ2v) is 18.1. The normalized spacial score (nSPS) is 13.3. The van der Waals surface area contributed by atoms with Crippen molar-refractivity contribution >= 4 is 17.7 Å². The van der Waals surface area contributed by atoms with Gasteiger partial charge in [-0.05, 0) is 134 Å². The molecule has 410 valence electrons. The van der Waals surface area contributed by atoms with Crippen LogP contribution in [0.5, 0.6) is 5.75 Å². The SMILES string of the molecule is CC/C=C\C/C=C\C/C=C\C/C=C\C/C=C\C/C=C\CCC(=O)NCCCC[C@H](NC(=O)CC/C=C\C/C=C\C/C=C\C/C=C\C/C=C\C/C=C\CC)C(=O)NCCCC[C@@H](CO)COc1ccccccccc1. The standard InChI is InChI=1S/C67H97N3O5/c1-3-5-7-9-11-13-15-17-19-21-23-25-27-29-31-33-38-42-46-56-65(72)68-58-51-49-55-64(67(74)69-59-50-48-52-62(60-71)61-75-63-53-44-40-36-35-37-41-45-54-63)70-66(73)57-47-43-39-34-32-30-28-26-24-22-20-18-16-14-12-10-8-6-4-2/h5-8,11-14,17-20,23-26,29-32,35-45,53-54,62,64,71H,3-4,9-10,15-16,21-22,27-28,33-34,46-52,55-61H2,1-2H3,(H,68,72)(H,69,74)(H,70,73)/b7-5-,8-6-,13-11-,14-12-,19-17-,20-18-,25-23-,26-24-,31-29-,32-30-,36-35?,37-35?,40-36?,41-37?,42-38-,43-39-,44-40?,45-41?,53-44?,54-45?,63-53?,63-54?/t62-,64-/m0/s1. The van der Waals surface area contributed by atoms with Crippen molar-refractivity contribution in [1.82, 2.24) is 16.0 Å². The number of aliphatic hydroxyl groups is 1. The van der Waals surface area contributed by atoms with Gasteiger partial charge in [0.1, 0.15) is 11.8 Å². The van der Waals surface area contributed by atoms with Crippen LogP contribution in [0, 0.1) is 5.92 Å². The first-order valence-corrected chi connectivity index (χ1v) is 28.3. The Morgan fingerprint density at radius 2 is 0.813 bits per heavy atom. The molecule has 2 atom stereocenters. The van der Waals surface area contributed by atoms with E-state index in [9.17, 15) is 19.5 Å². The maximum Gasteiger partial charge on any atom is 0.242 e. The van der Waals surface area contributed by atoms with Crippen molar-refractivity contribution in [3.63, 3.8) is 0 Å². The Hall–Kier alpha value is -6.25. The van der Waals surface area contributed by atoms with Crippen LogP contribution in [0.1, 0.15) is 155 Å². The first-order valence-electron chi connectivity index (χ1n) is 28.3. The van der Waals surface area contributed by atoms with E-state index in [4.69, 9.17) is 4.74 Å². The highest BCUT2D eigenvalue weighted by Gasteiger charge is 2.20. The van der Waals surface area contributed by atoms with Gasteiger partial charge in [-0.3, -0.25) is 14.4 Å². The number of allylic oxidation sites excluding steroid dienone is 24. The van der Waals surface area contributed by atoms with Gasteiger partial charge in [-0.15, -0.1) is 0 Å². The van der Waals surface area contributed by atoms with Crippen LogP contribution < -0.4 is 20.7 Å². The maximum atomic E-state index is 13.4. The summed E-state index contributed by atoms with van der Waals surface area (Å²) in [6.45, 7) is 5.68. The molecule has 0 saturated heterocycles. The lowest BCUT2D eigenvalue weighted by Gasteiger charge is -2.19. The fraction of sp³-hybridized carbons (Fsp3) is 0.448. The number of ether oxygens (including phenoxy) is 1. The number of carbonyl (C=O) groups is 3. The van der Waals surface area contributed by atoms with E-state index in [1.54, 1.807) is 0 Å². The summed E-state index contributed by atoms with van der Waals surface area (Å²) in [5.41, 5.74) is 0. The quantitative estimate of drug-likeness (QED) is 0.0384. The predicted molar refractivity (Wildman–Crippen MR) is 321 cm³/mol. The zero-order chi connectivity index (χ0) is 54.0. The van der Waals surface area contributed by atoms with E-state index in [1.165, 1.54) is 0 Å². The van der Waals surface area contributed by atoms with Crippen LogP contribution in [-0.4, -0.2) is 55.2 Å². The molecule has 1 rings (SSSR count). The molecule has 0 heterocycles. The van der Waals surface area contributed by atoms with Crippen molar-refractivity contribution in [3.05, 3.63) is 200 Å². The predicted octanol–water partition coefficient (Wildman–Crippen LogP) is 15.8. The van der Waals surface area contributed by atoms with Crippen LogP contribution in [-0.2, 0) is 14.4 Å². The number of unbranched alkanes of at least 4 members (excludes halogenated alkanes) is 2. The fourth-order valence-corrected chi connectivity index (χ4v) is 7.14. The van der Waals surface area contributed by atoms with Crippen LogP contribution in [0.3, 0.4) is 0 Å². The summed E-state index contributed by atoms with van der Waals surface area (Å²) in [6.07, 6.45) is 69.5. The summed E-state index contributed by atoms with van der Waals surface area (Å²) in [7, 11) is 0. The molecule has 0 saturated carbocycles. The van der Waals surface area contributed by atoms with Gasteiger partial charge >= 0.3 is 0 Å². The molecule has 0 bridgehead atoms. The smallest absolute Gasteiger partial charge is 0.242 e. The molecule has 0 spiro atoms. The largest absolute Gasteiger partial charge is 0.493 e. The fourth-order valence-electron chi connectivity index (χ4n) is 7.14. The lowest BCUT2D eigenvalue weighted by molar-refractivity contribution is -0.129. The molecule has 0 aromatic heterocycles. The van der Waals surface area contributed by atoms with Gasteiger partial charge in [0, 0.05) is 38.5 Å². The molecule has 3 amide bonds. The van der Waals surface area contributed by atoms with E-state index < -0.39 is 6.04 Å². The number of rotatable bonds is 44. The second kappa shape index (κ2) is 54.0. The minimum atomic E-state index is -0.664. The Morgan fingerprint density at radius 1 is 0.453 bits per heavy atom. The average molecular weight is 1020 g/mol. The summed E-state index contributed by atoms with van der Waals surface area (Å²) in [6, 6.07) is 16.7. The van der Waals surface area contributed by atoms with E-state index in [0.29, 0.717) is 64.6 Å². The Bertz CT molecular complexity index is 1990. The molecule has 8 heteroatoms. The van der Waals surface area contributed by atoms with Crippen LogP contribution >= 0.6 is 0 Å². The van der Waals surface area contributed by atoms with Crippen LogP contribution in [0.4, 0.5) is 0 Å². The molecule has 75 heavy (non-hydrogen) atoms. The second-order valence-electron chi connectivity index (χ2n) is 18.1. The van der Waals surface area contributed by atoms with Gasteiger partial charge in [0.2, 0.25) is 17.7 Å². The first kappa shape index (κ1) is 66.8. The third-order valence-electron chi connectivity index (χ3n) is 11.4. The molecule has 1 aromatic rings. The van der Waals surface area contributed by atoms with Crippen molar-refractivity contribution in [2.24, 2.45) is 5.92 Å². The summed E-state index contributed by atoms with van der Waals surface area (Å²) in [4.78, 5) is 39.0. The minimum absolute atomic E-state index is 0.00770. The number of aliphatic hydroxyl groups excluding tert-OH is 1. The molecule has 0 fully saturated rings. The summed E-state index contributed by atoms with van der Waals surface area (Å²) < 4.78 is 6.00. The number of nitrogens with one attached hydrogen (secondary N) is 3. The number of hydrogen-bond donors (Lipinski definition) is 4. The Kier molecular flexibility index (Phi) is 48.1. The lowest BCUT2D eigenvalue weighted by Crippen LogP contribution is -2.47. The molecule has 0 radical (unpaired) electrons. The van der Waals surface area contributed by atoms with Crippen molar-refractivity contribution in [2.45, 2.75) is 161 Å². The lowest BCUT2D eigenvalue weighted by atomic mass is 10.0. The minimum Gasteiger partial charge on any atom is -0.493 e. The van der Waals surface area contributed by atoms with Gasteiger partial charge in [0.05, 0.1) is 6.61 Å². The molecule has 0 aliphatic heterocycles. The third kappa shape index (κ3) is 47.2. The highest BCUT2D eigenvalue weighted by Crippen LogP contribution is 2.13. The van der Waals surface area contributed by atoms with Crippen LogP contribution in [0.25, 0.3) is 0 Å². The van der Waals surface area contributed by atoms with E-state index in [-0.39, 0.29) is 30.2 Å². The van der Waals surface area contributed by atoms with Crippen LogP contribution in [0.15, 0.2) is 200 Å². The maximum absolute atomic E-state index is 13.4. The van der Waals surface area contributed by atoms with E-state index in [0.717, 1.165) is 102 Å².